The van der Waals surface area contributed by atoms with Crippen LogP contribution in [-0.2, 0) is 0 Å². The number of fused-ring (bicyclic) bond motifs is 1. The topological polar surface area (TPSA) is 26.3 Å². The third kappa shape index (κ3) is 2.03. The van der Waals surface area contributed by atoms with Gasteiger partial charge in [0.05, 0.1) is 11.5 Å². The number of hydrogen-bond acceptors (Lipinski definition) is 2. The van der Waals surface area contributed by atoms with Gasteiger partial charge in [-0.05, 0) is 24.6 Å². The molecule has 2 heteroatoms. The standard InChI is InChI=1S/C17H16O2/c1-11-7-9-13(10-8-11)17-12(2)16(18)14-5-3-4-6-15(14)19-17/h3-10,12,17H,1-2H3/t12-,17-/m0/s1. The molecule has 0 N–H and O–H groups in total. The maximum atomic E-state index is 12.4. The van der Waals surface area contributed by atoms with E-state index in [2.05, 4.69) is 19.1 Å². The van der Waals surface area contributed by atoms with E-state index in [0.29, 0.717) is 11.3 Å². The van der Waals surface area contributed by atoms with Crippen LogP contribution < -0.4 is 4.74 Å². The minimum Gasteiger partial charge on any atom is -0.484 e. The van der Waals surface area contributed by atoms with Crippen LogP contribution in [-0.4, -0.2) is 5.78 Å². The second-order valence-corrected chi connectivity index (χ2v) is 5.10. The zero-order chi connectivity index (χ0) is 13.4. The number of aryl methyl sites for hydroxylation is 1. The molecule has 0 saturated heterocycles. The predicted octanol–water partition coefficient (Wildman–Crippen LogP) is 3.95. The van der Waals surface area contributed by atoms with Gasteiger partial charge in [-0.2, -0.15) is 0 Å². The number of carbonyl (C=O) groups is 1. The Labute approximate surface area is 113 Å². The quantitative estimate of drug-likeness (QED) is 0.768. The van der Waals surface area contributed by atoms with Gasteiger partial charge in [0.15, 0.2) is 5.78 Å². The van der Waals surface area contributed by atoms with Crippen LogP contribution in [0, 0.1) is 12.8 Å². The van der Waals surface area contributed by atoms with Crippen LogP contribution in [0.4, 0.5) is 0 Å². The number of ketones is 1. The molecule has 19 heavy (non-hydrogen) atoms. The number of ether oxygens (including phenoxy) is 1. The molecule has 96 valence electrons. The van der Waals surface area contributed by atoms with E-state index in [1.807, 2.05) is 43.3 Å². The van der Waals surface area contributed by atoms with E-state index in [4.69, 9.17) is 4.74 Å². The summed E-state index contributed by atoms with van der Waals surface area (Å²) in [5.41, 5.74) is 2.96. The summed E-state index contributed by atoms with van der Waals surface area (Å²) in [4.78, 5) is 12.4. The first-order valence-electron chi connectivity index (χ1n) is 6.53. The Morgan fingerprint density at radius 2 is 1.68 bits per heavy atom. The average molecular weight is 252 g/mol. The molecule has 2 atom stereocenters. The van der Waals surface area contributed by atoms with Crippen LogP contribution in [0.3, 0.4) is 0 Å². The van der Waals surface area contributed by atoms with Crippen molar-refractivity contribution in [1.29, 1.82) is 0 Å². The minimum absolute atomic E-state index is 0.155. The molecule has 1 aliphatic heterocycles. The second-order valence-electron chi connectivity index (χ2n) is 5.10. The maximum Gasteiger partial charge on any atom is 0.173 e. The van der Waals surface area contributed by atoms with Gasteiger partial charge in [-0.25, -0.2) is 0 Å². The molecule has 0 bridgehead atoms. The summed E-state index contributed by atoms with van der Waals surface area (Å²) in [5.74, 6) is 0.696. The summed E-state index contributed by atoms with van der Waals surface area (Å²) < 4.78 is 6.02. The summed E-state index contributed by atoms with van der Waals surface area (Å²) in [5, 5.41) is 0. The molecule has 0 amide bonds. The average Bonchev–Trinajstić information content (AvgIpc) is 2.44. The molecule has 2 aromatic carbocycles. The van der Waals surface area contributed by atoms with Crippen molar-refractivity contribution in [3.63, 3.8) is 0 Å². The lowest BCUT2D eigenvalue weighted by Crippen LogP contribution is -2.29. The van der Waals surface area contributed by atoms with Crippen molar-refractivity contribution in [1.82, 2.24) is 0 Å². The highest BCUT2D eigenvalue weighted by molar-refractivity contribution is 6.01. The van der Waals surface area contributed by atoms with Crippen molar-refractivity contribution in [2.45, 2.75) is 20.0 Å². The summed E-state index contributed by atoms with van der Waals surface area (Å²) in [6.07, 6.45) is -0.192. The Balaban J connectivity index is 2.01. The van der Waals surface area contributed by atoms with Gasteiger partial charge in [0.25, 0.3) is 0 Å². The molecule has 2 nitrogen and oxygen atoms in total. The lowest BCUT2D eigenvalue weighted by molar-refractivity contribution is 0.0690. The highest BCUT2D eigenvalue weighted by atomic mass is 16.5. The molecule has 3 rings (SSSR count). The Morgan fingerprint density at radius 3 is 2.42 bits per heavy atom. The summed E-state index contributed by atoms with van der Waals surface area (Å²) in [6.45, 7) is 3.98. The first-order chi connectivity index (χ1) is 9.16. The molecule has 2 aromatic rings. The van der Waals surface area contributed by atoms with E-state index >= 15 is 0 Å². The van der Waals surface area contributed by atoms with Gasteiger partial charge in [0.2, 0.25) is 0 Å². The van der Waals surface area contributed by atoms with Gasteiger partial charge in [-0.3, -0.25) is 4.79 Å². The third-order valence-corrected chi connectivity index (χ3v) is 3.68. The fourth-order valence-corrected chi connectivity index (χ4v) is 2.51. The fourth-order valence-electron chi connectivity index (χ4n) is 2.51. The van der Waals surface area contributed by atoms with Gasteiger partial charge in [0, 0.05) is 0 Å². The number of benzene rings is 2. The van der Waals surface area contributed by atoms with Gasteiger partial charge in [0.1, 0.15) is 11.9 Å². The van der Waals surface area contributed by atoms with Crippen molar-refractivity contribution >= 4 is 5.78 Å². The zero-order valence-corrected chi connectivity index (χ0v) is 11.1. The Bertz CT molecular complexity index is 613. The Kier molecular flexibility index (Phi) is 2.86. The molecular weight excluding hydrogens is 236 g/mol. The molecule has 1 heterocycles. The zero-order valence-electron chi connectivity index (χ0n) is 11.1. The molecule has 0 spiro atoms. The van der Waals surface area contributed by atoms with Gasteiger partial charge >= 0.3 is 0 Å². The molecule has 0 radical (unpaired) electrons. The van der Waals surface area contributed by atoms with Crippen LogP contribution >= 0.6 is 0 Å². The normalized spacial score (nSPS) is 21.7. The molecule has 0 fully saturated rings. The van der Waals surface area contributed by atoms with Crippen molar-refractivity contribution in [2.75, 3.05) is 0 Å². The molecule has 1 aliphatic rings. The van der Waals surface area contributed by atoms with Gasteiger partial charge < -0.3 is 4.74 Å². The highest BCUT2D eigenvalue weighted by Gasteiger charge is 2.34. The lowest BCUT2D eigenvalue weighted by Gasteiger charge is -2.30. The molecule has 0 saturated carbocycles. The van der Waals surface area contributed by atoms with Gasteiger partial charge in [-0.1, -0.05) is 48.9 Å². The van der Waals surface area contributed by atoms with E-state index in [0.717, 1.165) is 5.56 Å². The first-order valence-corrected chi connectivity index (χ1v) is 6.53. The monoisotopic (exact) mass is 252 g/mol. The van der Waals surface area contributed by atoms with E-state index in [9.17, 15) is 4.79 Å². The van der Waals surface area contributed by atoms with E-state index < -0.39 is 0 Å². The Hall–Kier alpha value is -2.09. The van der Waals surface area contributed by atoms with Crippen LogP contribution in [0.15, 0.2) is 48.5 Å². The van der Waals surface area contributed by atoms with Crippen LogP contribution in [0.1, 0.15) is 34.5 Å². The number of carbonyl (C=O) groups excluding carboxylic acids is 1. The molecule has 0 aliphatic carbocycles. The SMILES string of the molecule is Cc1ccc([C@H]2Oc3ccccc3C(=O)[C@@H]2C)cc1. The summed E-state index contributed by atoms with van der Waals surface area (Å²) in [6, 6.07) is 15.6. The van der Waals surface area contributed by atoms with E-state index in [1.165, 1.54) is 5.56 Å². The van der Waals surface area contributed by atoms with Crippen molar-refractivity contribution in [2.24, 2.45) is 5.92 Å². The lowest BCUT2D eigenvalue weighted by atomic mass is 9.87. The number of rotatable bonds is 1. The predicted molar refractivity (Wildman–Crippen MR) is 74.5 cm³/mol. The summed E-state index contributed by atoms with van der Waals surface area (Å²) in [7, 11) is 0. The molecule has 0 unspecified atom stereocenters. The van der Waals surface area contributed by atoms with E-state index in [1.54, 1.807) is 0 Å². The highest BCUT2D eigenvalue weighted by Crippen LogP contribution is 2.38. The first kappa shape index (κ1) is 12.0. The number of Topliss-reactive ketones (excluding diaryl/α,β-unsaturated/α-hetero) is 1. The van der Waals surface area contributed by atoms with Crippen molar-refractivity contribution < 1.29 is 9.53 Å². The van der Waals surface area contributed by atoms with Crippen molar-refractivity contribution in [3.8, 4) is 5.75 Å². The third-order valence-electron chi connectivity index (χ3n) is 3.68. The maximum absolute atomic E-state index is 12.4. The van der Waals surface area contributed by atoms with Crippen LogP contribution in [0.5, 0.6) is 5.75 Å². The van der Waals surface area contributed by atoms with Crippen molar-refractivity contribution in [3.05, 3.63) is 65.2 Å². The number of hydrogen-bond donors (Lipinski definition) is 0. The van der Waals surface area contributed by atoms with Crippen LogP contribution in [0.25, 0.3) is 0 Å². The minimum atomic E-state index is -0.192. The smallest absolute Gasteiger partial charge is 0.173 e. The van der Waals surface area contributed by atoms with Gasteiger partial charge in [-0.15, -0.1) is 0 Å². The Morgan fingerprint density at radius 1 is 1.00 bits per heavy atom. The van der Waals surface area contributed by atoms with Crippen LogP contribution in [0.2, 0.25) is 0 Å². The summed E-state index contributed by atoms with van der Waals surface area (Å²) >= 11 is 0. The second kappa shape index (κ2) is 4.54. The number of para-hydroxylation sites is 1. The van der Waals surface area contributed by atoms with E-state index in [-0.39, 0.29) is 17.8 Å². The largest absolute Gasteiger partial charge is 0.484 e. The molecular formula is C17H16O2. The fraction of sp³-hybridized carbons (Fsp3) is 0.235. The molecule has 0 aromatic heterocycles.